The van der Waals surface area contributed by atoms with Gasteiger partial charge >= 0.3 is 0 Å². The summed E-state index contributed by atoms with van der Waals surface area (Å²) in [6, 6.07) is 0.840. The van der Waals surface area contributed by atoms with Crippen LogP contribution in [0.2, 0.25) is 0 Å². The molecule has 1 N–H and O–H groups in total. The summed E-state index contributed by atoms with van der Waals surface area (Å²) in [6.45, 7) is 3.73. The molecule has 0 aromatic rings. The van der Waals surface area contributed by atoms with Gasteiger partial charge in [-0.1, -0.05) is 51.9 Å². The first kappa shape index (κ1) is 13.4. The van der Waals surface area contributed by atoms with Crippen LogP contribution in [0.4, 0.5) is 0 Å². The fourth-order valence-corrected chi connectivity index (χ4v) is 3.74. The Morgan fingerprint density at radius 3 is 2.24 bits per heavy atom. The molecule has 2 aliphatic rings. The van der Waals surface area contributed by atoms with Gasteiger partial charge in [0.2, 0.25) is 0 Å². The number of nitrogens with one attached hydrogen (secondary N) is 1. The first-order valence-electron chi connectivity index (χ1n) is 8.08. The van der Waals surface area contributed by atoms with Crippen molar-refractivity contribution in [1.29, 1.82) is 0 Å². The third-order valence-electron chi connectivity index (χ3n) is 4.85. The zero-order valence-corrected chi connectivity index (χ0v) is 11.7. The number of hydrogen-bond acceptors (Lipinski definition) is 1. The first-order chi connectivity index (χ1) is 8.34. The molecule has 0 saturated heterocycles. The lowest BCUT2D eigenvalue weighted by Gasteiger charge is -2.29. The van der Waals surface area contributed by atoms with Gasteiger partial charge < -0.3 is 5.32 Å². The average molecular weight is 237 g/mol. The van der Waals surface area contributed by atoms with E-state index in [1.165, 1.54) is 77.2 Å². The highest BCUT2D eigenvalue weighted by atomic mass is 14.9. The van der Waals surface area contributed by atoms with Crippen LogP contribution < -0.4 is 5.32 Å². The van der Waals surface area contributed by atoms with Crippen LogP contribution in [0.5, 0.6) is 0 Å². The maximum atomic E-state index is 3.88. The van der Waals surface area contributed by atoms with Crippen LogP contribution in [0, 0.1) is 11.8 Å². The Kier molecular flexibility index (Phi) is 5.84. The molecule has 1 heteroatoms. The summed E-state index contributed by atoms with van der Waals surface area (Å²) in [5.41, 5.74) is 0. The van der Waals surface area contributed by atoms with E-state index in [2.05, 4.69) is 12.2 Å². The monoisotopic (exact) mass is 237 g/mol. The molecule has 0 aromatic heterocycles. The third kappa shape index (κ3) is 4.99. The molecular formula is C16H31N. The van der Waals surface area contributed by atoms with Gasteiger partial charge in [-0.25, -0.2) is 0 Å². The fourth-order valence-electron chi connectivity index (χ4n) is 3.74. The Balaban J connectivity index is 1.65. The largest absolute Gasteiger partial charge is 0.314 e. The van der Waals surface area contributed by atoms with E-state index >= 15 is 0 Å². The molecule has 2 aliphatic carbocycles. The summed E-state index contributed by atoms with van der Waals surface area (Å²) in [7, 11) is 0. The molecule has 2 atom stereocenters. The van der Waals surface area contributed by atoms with Crippen molar-refractivity contribution < 1.29 is 0 Å². The van der Waals surface area contributed by atoms with Gasteiger partial charge in [0.25, 0.3) is 0 Å². The van der Waals surface area contributed by atoms with E-state index < -0.39 is 0 Å². The van der Waals surface area contributed by atoms with Crippen LogP contribution in [0.15, 0.2) is 0 Å². The predicted molar refractivity (Wildman–Crippen MR) is 75.2 cm³/mol. The molecule has 17 heavy (non-hydrogen) atoms. The van der Waals surface area contributed by atoms with Gasteiger partial charge in [0.1, 0.15) is 0 Å². The quantitative estimate of drug-likeness (QED) is 0.761. The fraction of sp³-hybridized carbons (Fsp3) is 1.00. The molecule has 0 aliphatic heterocycles. The van der Waals surface area contributed by atoms with Crippen molar-refractivity contribution >= 4 is 0 Å². The van der Waals surface area contributed by atoms with Crippen LogP contribution in [0.1, 0.15) is 77.6 Å². The highest BCUT2D eigenvalue weighted by Gasteiger charge is 2.20. The molecular weight excluding hydrogens is 206 g/mol. The molecule has 0 heterocycles. The maximum Gasteiger partial charge on any atom is 0.00671 e. The van der Waals surface area contributed by atoms with E-state index in [0.29, 0.717) is 0 Å². The third-order valence-corrected chi connectivity index (χ3v) is 4.85. The van der Waals surface area contributed by atoms with E-state index in [1.807, 2.05) is 0 Å². The Morgan fingerprint density at radius 1 is 0.824 bits per heavy atom. The van der Waals surface area contributed by atoms with E-state index in [4.69, 9.17) is 0 Å². The minimum absolute atomic E-state index is 0.840. The summed E-state index contributed by atoms with van der Waals surface area (Å²) in [5, 5.41) is 3.88. The van der Waals surface area contributed by atoms with Crippen molar-refractivity contribution in [2.24, 2.45) is 11.8 Å². The molecule has 0 spiro atoms. The standard InChI is InChI=1S/C16H31N/c1-14-8-7-9-15(12-14)13-17-16-10-5-3-2-4-6-11-16/h14-17H,2-13H2,1H3. The molecule has 1 nitrogen and oxygen atoms in total. The van der Waals surface area contributed by atoms with Crippen molar-refractivity contribution in [3.63, 3.8) is 0 Å². The van der Waals surface area contributed by atoms with Crippen LogP contribution >= 0.6 is 0 Å². The van der Waals surface area contributed by atoms with Crippen LogP contribution in [-0.2, 0) is 0 Å². The van der Waals surface area contributed by atoms with E-state index in [0.717, 1.165) is 17.9 Å². The molecule has 0 aromatic carbocycles. The second-order valence-corrected chi connectivity index (χ2v) is 6.59. The summed E-state index contributed by atoms with van der Waals surface area (Å²) < 4.78 is 0. The molecule has 0 amide bonds. The molecule has 2 saturated carbocycles. The minimum atomic E-state index is 0.840. The van der Waals surface area contributed by atoms with Gasteiger partial charge in [-0.2, -0.15) is 0 Å². The maximum absolute atomic E-state index is 3.88. The van der Waals surface area contributed by atoms with Gasteiger partial charge in [0.05, 0.1) is 0 Å². The summed E-state index contributed by atoms with van der Waals surface area (Å²) in [4.78, 5) is 0. The second-order valence-electron chi connectivity index (χ2n) is 6.59. The molecule has 2 fully saturated rings. The predicted octanol–water partition coefficient (Wildman–Crippen LogP) is 4.52. The van der Waals surface area contributed by atoms with Gasteiger partial charge in [0, 0.05) is 6.04 Å². The van der Waals surface area contributed by atoms with Crippen LogP contribution in [-0.4, -0.2) is 12.6 Å². The minimum Gasteiger partial charge on any atom is -0.314 e. The lowest BCUT2D eigenvalue weighted by atomic mass is 9.82. The Labute approximate surface area is 108 Å². The molecule has 0 radical (unpaired) electrons. The highest BCUT2D eigenvalue weighted by Crippen LogP contribution is 2.28. The zero-order chi connectivity index (χ0) is 11.9. The van der Waals surface area contributed by atoms with Crippen molar-refractivity contribution in [3.8, 4) is 0 Å². The Morgan fingerprint density at radius 2 is 1.53 bits per heavy atom. The van der Waals surface area contributed by atoms with Crippen molar-refractivity contribution in [3.05, 3.63) is 0 Å². The molecule has 100 valence electrons. The normalized spacial score (nSPS) is 33.0. The summed E-state index contributed by atoms with van der Waals surface area (Å²) in [5.74, 6) is 1.96. The van der Waals surface area contributed by atoms with E-state index in [9.17, 15) is 0 Å². The van der Waals surface area contributed by atoms with Crippen molar-refractivity contribution in [2.75, 3.05) is 6.54 Å². The summed E-state index contributed by atoms with van der Waals surface area (Å²) in [6.07, 6.45) is 16.1. The first-order valence-corrected chi connectivity index (χ1v) is 8.08. The van der Waals surface area contributed by atoms with Gasteiger partial charge in [-0.05, 0) is 44.1 Å². The Hall–Kier alpha value is -0.0400. The van der Waals surface area contributed by atoms with E-state index in [1.54, 1.807) is 0 Å². The van der Waals surface area contributed by atoms with Crippen molar-refractivity contribution in [2.45, 2.75) is 83.6 Å². The smallest absolute Gasteiger partial charge is 0.00671 e. The average Bonchev–Trinajstić information content (AvgIpc) is 2.27. The number of hydrogen-bond donors (Lipinski definition) is 1. The SMILES string of the molecule is CC1CCCC(CNC2CCCCCCC2)C1. The molecule has 0 bridgehead atoms. The second kappa shape index (κ2) is 7.41. The van der Waals surface area contributed by atoms with Crippen molar-refractivity contribution in [1.82, 2.24) is 5.32 Å². The molecule has 2 unspecified atom stereocenters. The van der Waals surface area contributed by atoms with E-state index in [-0.39, 0.29) is 0 Å². The highest BCUT2D eigenvalue weighted by molar-refractivity contribution is 4.76. The lowest BCUT2D eigenvalue weighted by molar-refractivity contribution is 0.259. The topological polar surface area (TPSA) is 12.0 Å². The summed E-state index contributed by atoms with van der Waals surface area (Å²) >= 11 is 0. The lowest BCUT2D eigenvalue weighted by Crippen LogP contribution is -2.35. The van der Waals surface area contributed by atoms with Gasteiger partial charge in [-0.3, -0.25) is 0 Å². The Bertz CT molecular complexity index is 194. The van der Waals surface area contributed by atoms with Gasteiger partial charge in [0.15, 0.2) is 0 Å². The zero-order valence-electron chi connectivity index (χ0n) is 11.7. The van der Waals surface area contributed by atoms with Crippen LogP contribution in [0.25, 0.3) is 0 Å². The van der Waals surface area contributed by atoms with Crippen LogP contribution in [0.3, 0.4) is 0 Å². The molecule has 2 rings (SSSR count). The number of rotatable bonds is 3. The van der Waals surface area contributed by atoms with Gasteiger partial charge in [-0.15, -0.1) is 0 Å².